The Balaban J connectivity index is 1.76. The fourth-order valence-electron chi connectivity index (χ4n) is 3.57. The Morgan fingerprint density at radius 1 is 1.30 bits per heavy atom. The standard InChI is InChI=1S/C16H21BrN2O/c1-10-7-11(17)3-6-15(10)16(20)19(2)14-8-12-4-5-13(9-14)18-12/h3,6-7,12-14,18H,4-5,8-9H2,1-2H3. The van der Waals surface area contributed by atoms with Crippen molar-refractivity contribution in [3.63, 3.8) is 0 Å². The summed E-state index contributed by atoms with van der Waals surface area (Å²) in [6.45, 7) is 2.00. The first-order valence-electron chi connectivity index (χ1n) is 7.34. The second-order valence-electron chi connectivity index (χ2n) is 6.14. The Morgan fingerprint density at radius 2 is 1.95 bits per heavy atom. The number of halogens is 1. The van der Waals surface area contributed by atoms with Gasteiger partial charge in [0.1, 0.15) is 0 Å². The second kappa shape index (κ2) is 5.49. The van der Waals surface area contributed by atoms with Crippen molar-refractivity contribution in [2.45, 2.75) is 50.7 Å². The van der Waals surface area contributed by atoms with Crippen LogP contribution in [-0.4, -0.2) is 36.0 Å². The van der Waals surface area contributed by atoms with Crippen LogP contribution in [0, 0.1) is 6.92 Å². The molecule has 4 heteroatoms. The monoisotopic (exact) mass is 336 g/mol. The number of aryl methyl sites for hydroxylation is 1. The molecular formula is C16H21BrN2O. The Labute approximate surface area is 128 Å². The predicted octanol–water partition coefficient (Wildman–Crippen LogP) is 3.11. The molecule has 2 unspecified atom stereocenters. The minimum absolute atomic E-state index is 0.154. The Bertz CT molecular complexity index is 519. The summed E-state index contributed by atoms with van der Waals surface area (Å²) in [6.07, 6.45) is 4.71. The largest absolute Gasteiger partial charge is 0.339 e. The van der Waals surface area contributed by atoms with Gasteiger partial charge in [-0.15, -0.1) is 0 Å². The summed E-state index contributed by atoms with van der Waals surface area (Å²) in [5.74, 6) is 0.154. The Hall–Kier alpha value is -0.870. The second-order valence-corrected chi connectivity index (χ2v) is 7.05. The van der Waals surface area contributed by atoms with Gasteiger partial charge in [0.05, 0.1) is 0 Å². The van der Waals surface area contributed by atoms with E-state index in [1.807, 2.05) is 37.1 Å². The van der Waals surface area contributed by atoms with E-state index in [2.05, 4.69) is 21.2 Å². The van der Waals surface area contributed by atoms with Gasteiger partial charge in [-0.3, -0.25) is 4.79 Å². The normalized spacial score (nSPS) is 28.4. The molecule has 108 valence electrons. The highest BCUT2D eigenvalue weighted by Gasteiger charge is 2.36. The molecule has 0 aliphatic carbocycles. The molecule has 1 N–H and O–H groups in total. The summed E-state index contributed by atoms with van der Waals surface area (Å²) >= 11 is 3.45. The zero-order valence-electron chi connectivity index (χ0n) is 12.0. The van der Waals surface area contributed by atoms with Crippen molar-refractivity contribution < 1.29 is 4.79 Å². The number of nitrogens with zero attached hydrogens (tertiary/aromatic N) is 1. The quantitative estimate of drug-likeness (QED) is 0.899. The minimum atomic E-state index is 0.154. The first-order valence-corrected chi connectivity index (χ1v) is 8.13. The number of hydrogen-bond acceptors (Lipinski definition) is 2. The molecule has 2 aliphatic heterocycles. The molecule has 1 aromatic carbocycles. The highest BCUT2D eigenvalue weighted by molar-refractivity contribution is 9.10. The number of nitrogens with one attached hydrogen (secondary N) is 1. The molecule has 2 saturated heterocycles. The highest BCUT2D eigenvalue weighted by atomic mass is 79.9. The van der Waals surface area contributed by atoms with E-state index < -0.39 is 0 Å². The van der Waals surface area contributed by atoms with Gasteiger partial charge < -0.3 is 10.2 Å². The van der Waals surface area contributed by atoms with Crippen molar-refractivity contribution in [2.24, 2.45) is 0 Å². The van der Waals surface area contributed by atoms with Crippen LogP contribution in [0.25, 0.3) is 0 Å². The number of amides is 1. The maximum atomic E-state index is 12.7. The predicted molar refractivity (Wildman–Crippen MR) is 83.9 cm³/mol. The van der Waals surface area contributed by atoms with Gasteiger partial charge in [0.2, 0.25) is 0 Å². The molecule has 2 aliphatic rings. The summed E-state index contributed by atoms with van der Waals surface area (Å²) in [4.78, 5) is 14.7. The maximum absolute atomic E-state index is 12.7. The third kappa shape index (κ3) is 2.63. The van der Waals surface area contributed by atoms with Crippen LogP contribution in [0.5, 0.6) is 0 Å². The Morgan fingerprint density at radius 3 is 2.55 bits per heavy atom. The van der Waals surface area contributed by atoms with E-state index in [1.54, 1.807) is 0 Å². The number of fused-ring (bicyclic) bond motifs is 2. The van der Waals surface area contributed by atoms with Gasteiger partial charge in [0.25, 0.3) is 5.91 Å². The zero-order chi connectivity index (χ0) is 14.3. The fraction of sp³-hybridized carbons (Fsp3) is 0.562. The lowest BCUT2D eigenvalue weighted by atomic mass is 9.97. The lowest BCUT2D eigenvalue weighted by Crippen LogP contribution is -2.48. The van der Waals surface area contributed by atoms with E-state index in [4.69, 9.17) is 0 Å². The molecule has 2 heterocycles. The molecule has 0 aromatic heterocycles. The SMILES string of the molecule is Cc1cc(Br)ccc1C(=O)N(C)C1CC2CCC(C1)N2. The van der Waals surface area contributed by atoms with Gasteiger partial charge in [-0.1, -0.05) is 15.9 Å². The molecule has 1 amide bonds. The zero-order valence-corrected chi connectivity index (χ0v) is 13.6. The van der Waals surface area contributed by atoms with Gasteiger partial charge in [-0.2, -0.15) is 0 Å². The minimum Gasteiger partial charge on any atom is -0.339 e. The van der Waals surface area contributed by atoms with Gasteiger partial charge in [-0.25, -0.2) is 0 Å². The van der Waals surface area contributed by atoms with Crippen LogP contribution in [0.1, 0.15) is 41.6 Å². The van der Waals surface area contributed by atoms with E-state index in [0.29, 0.717) is 18.1 Å². The smallest absolute Gasteiger partial charge is 0.254 e. The lowest BCUT2D eigenvalue weighted by molar-refractivity contribution is 0.0681. The van der Waals surface area contributed by atoms with Crippen molar-refractivity contribution >= 4 is 21.8 Å². The number of benzene rings is 1. The van der Waals surface area contributed by atoms with Gasteiger partial charge in [0, 0.05) is 35.2 Å². The van der Waals surface area contributed by atoms with Crippen LogP contribution in [0.3, 0.4) is 0 Å². The number of carbonyl (C=O) groups excluding carboxylic acids is 1. The molecule has 0 spiro atoms. The van der Waals surface area contributed by atoms with Crippen molar-refractivity contribution in [3.8, 4) is 0 Å². The summed E-state index contributed by atoms with van der Waals surface area (Å²) < 4.78 is 1.02. The summed E-state index contributed by atoms with van der Waals surface area (Å²) in [5.41, 5.74) is 1.86. The van der Waals surface area contributed by atoms with Crippen molar-refractivity contribution in [1.29, 1.82) is 0 Å². The van der Waals surface area contributed by atoms with Crippen LogP contribution >= 0.6 is 15.9 Å². The van der Waals surface area contributed by atoms with Crippen LogP contribution in [0.4, 0.5) is 0 Å². The summed E-state index contributed by atoms with van der Waals surface area (Å²) in [6, 6.07) is 7.48. The number of rotatable bonds is 2. The maximum Gasteiger partial charge on any atom is 0.254 e. The van der Waals surface area contributed by atoms with Crippen molar-refractivity contribution in [2.75, 3.05) is 7.05 Å². The molecule has 1 aromatic rings. The molecular weight excluding hydrogens is 316 g/mol. The molecule has 3 nitrogen and oxygen atoms in total. The summed E-state index contributed by atoms with van der Waals surface area (Å²) in [5, 5.41) is 3.63. The van der Waals surface area contributed by atoms with Crippen LogP contribution < -0.4 is 5.32 Å². The molecule has 2 bridgehead atoms. The first kappa shape index (κ1) is 14.1. The van der Waals surface area contributed by atoms with Gasteiger partial charge in [-0.05, 0) is 56.4 Å². The molecule has 0 saturated carbocycles. The molecule has 2 fully saturated rings. The van der Waals surface area contributed by atoms with E-state index in [-0.39, 0.29) is 5.91 Å². The van der Waals surface area contributed by atoms with Crippen molar-refractivity contribution in [3.05, 3.63) is 33.8 Å². The fourth-order valence-corrected chi connectivity index (χ4v) is 4.04. The lowest BCUT2D eigenvalue weighted by Gasteiger charge is -2.35. The van der Waals surface area contributed by atoms with Crippen LogP contribution in [-0.2, 0) is 0 Å². The van der Waals surface area contributed by atoms with Crippen molar-refractivity contribution in [1.82, 2.24) is 10.2 Å². The number of hydrogen-bond donors (Lipinski definition) is 1. The van der Waals surface area contributed by atoms with E-state index >= 15 is 0 Å². The van der Waals surface area contributed by atoms with E-state index in [0.717, 1.165) is 28.4 Å². The average Bonchev–Trinajstić information content (AvgIpc) is 2.76. The molecule has 3 rings (SSSR count). The summed E-state index contributed by atoms with van der Waals surface area (Å²) in [7, 11) is 1.96. The number of piperidine rings is 1. The highest BCUT2D eigenvalue weighted by Crippen LogP contribution is 2.30. The molecule has 2 atom stereocenters. The Kier molecular flexibility index (Phi) is 3.87. The first-order chi connectivity index (χ1) is 9.54. The van der Waals surface area contributed by atoms with E-state index in [9.17, 15) is 4.79 Å². The third-order valence-electron chi connectivity index (χ3n) is 4.74. The topological polar surface area (TPSA) is 32.3 Å². The van der Waals surface area contributed by atoms with E-state index in [1.165, 1.54) is 12.8 Å². The van der Waals surface area contributed by atoms with Gasteiger partial charge in [0.15, 0.2) is 0 Å². The van der Waals surface area contributed by atoms with Crippen LogP contribution in [0.15, 0.2) is 22.7 Å². The van der Waals surface area contributed by atoms with Crippen LogP contribution in [0.2, 0.25) is 0 Å². The number of carbonyl (C=O) groups is 1. The van der Waals surface area contributed by atoms with Gasteiger partial charge >= 0.3 is 0 Å². The molecule has 0 radical (unpaired) electrons. The third-order valence-corrected chi connectivity index (χ3v) is 5.23. The average molecular weight is 337 g/mol. The molecule has 20 heavy (non-hydrogen) atoms.